The molecular formula is C12H11NO6. The monoisotopic (exact) mass is 265 g/mol. The predicted octanol–water partition coefficient (Wildman–Crippen LogP) is 0.929. The van der Waals surface area contributed by atoms with Gasteiger partial charge < -0.3 is 13.9 Å². The molecule has 100 valence electrons. The molecule has 0 radical (unpaired) electrons. The minimum Gasteiger partial charge on any atom is -0.497 e. The van der Waals surface area contributed by atoms with E-state index in [1.165, 1.54) is 25.8 Å². The third-order valence-electron chi connectivity index (χ3n) is 2.57. The number of rotatable bonds is 3. The van der Waals surface area contributed by atoms with Crippen LogP contribution in [0.15, 0.2) is 27.4 Å². The van der Waals surface area contributed by atoms with Gasteiger partial charge in [-0.05, 0) is 12.1 Å². The van der Waals surface area contributed by atoms with E-state index in [0.717, 1.165) is 0 Å². The van der Waals surface area contributed by atoms with Gasteiger partial charge in [0.05, 0.1) is 14.2 Å². The molecule has 0 aliphatic carbocycles. The van der Waals surface area contributed by atoms with Crippen molar-refractivity contribution in [1.82, 2.24) is 5.48 Å². The van der Waals surface area contributed by atoms with E-state index in [0.29, 0.717) is 16.9 Å². The Hall–Kier alpha value is -2.54. The molecule has 1 amide bonds. The van der Waals surface area contributed by atoms with Gasteiger partial charge in [-0.1, -0.05) is 0 Å². The lowest BCUT2D eigenvalue weighted by Crippen LogP contribution is -2.25. The van der Waals surface area contributed by atoms with E-state index in [1.807, 2.05) is 0 Å². The van der Waals surface area contributed by atoms with Gasteiger partial charge in [0.1, 0.15) is 11.3 Å². The Morgan fingerprint density at radius 1 is 1.26 bits per heavy atom. The molecule has 1 aromatic heterocycles. The Bertz CT molecular complexity index is 690. The first-order valence-corrected chi connectivity index (χ1v) is 5.25. The van der Waals surface area contributed by atoms with Crippen molar-refractivity contribution in [3.63, 3.8) is 0 Å². The lowest BCUT2D eigenvalue weighted by Gasteiger charge is -2.08. The van der Waals surface area contributed by atoms with Gasteiger partial charge >= 0.3 is 5.63 Å². The van der Waals surface area contributed by atoms with Crippen LogP contribution >= 0.6 is 0 Å². The standard InChI is InChI=1S/C12H11NO6/c1-17-7-3-6-4-8(11(14)13-16)12(15)19-10(6)9(5-7)18-2/h3-5,16H,1-2H3,(H,13,14). The molecule has 2 aromatic rings. The van der Waals surface area contributed by atoms with Crippen molar-refractivity contribution in [1.29, 1.82) is 0 Å². The first-order valence-electron chi connectivity index (χ1n) is 5.25. The van der Waals surface area contributed by atoms with Crippen molar-refractivity contribution in [2.24, 2.45) is 0 Å². The summed E-state index contributed by atoms with van der Waals surface area (Å²) in [4.78, 5) is 22.9. The fourth-order valence-corrected chi connectivity index (χ4v) is 1.66. The highest BCUT2D eigenvalue weighted by atomic mass is 16.5. The van der Waals surface area contributed by atoms with Crippen LogP contribution in [0.4, 0.5) is 0 Å². The van der Waals surface area contributed by atoms with Gasteiger partial charge in [-0.2, -0.15) is 0 Å². The molecule has 0 saturated carbocycles. The summed E-state index contributed by atoms with van der Waals surface area (Å²) in [5.41, 5.74) is 0.392. The van der Waals surface area contributed by atoms with Crippen molar-refractivity contribution in [3.05, 3.63) is 34.2 Å². The summed E-state index contributed by atoms with van der Waals surface area (Å²) in [5, 5.41) is 9.00. The van der Waals surface area contributed by atoms with E-state index < -0.39 is 11.5 Å². The Morgan fingerprint density at radius 3 is 2.58 bits per heavy atom. The highest BCUT2D eigenvalue weighted by Gasteiger charge is 2.16. The number of hydrogen-bond acceptors (Lipinski definition) is 6. The number of ether oxygens (including phenoxy) is 2. The van der Waals surface area contributed by atoms with Crippen LogP contribution in [0.2, 0.25) is 0 Å². The van der Waals surface area contributed by atoms with Crippen LogP contribution in [0.1, 0.15) is 10.4 Å². The maximum Gasteiger partial charge on any atom is 0.349 e. The first kappa shape index (κ1) is 12.9. The van der Waals surface area contributed by atoms with Crippen molar-refractivity contribution in [2.75, 3.05) is 14.2 Å². The summed E-state index contributed by atoms with van der Waals surface area (Å²) in [6, 6.07) is 4.42. The third-order valence-corrected chi connectivity index (χ3v) is 2.57. The van der Waals surface area contributed by atoms with Gasteiger partial charge in [0, 0.05) is 11.5 Å². The van der Waals surface area contributed by atoms with Crippen LogP contribution in [-0.4, -0.2) is 25.3 Å². The minimum atomic E-state index is -0.947. The van der Waals surface area contributed by atoms with Crippen molar-refractivity contribution < 1.29 is 23.9 Å². The molecule has 0 aliphatic heterocycles. The summed E-state index contributed by atoms with van der Waals surface area (Å²) in [5.74, 6) is -0.159. The summed E-state index contributed by atoms with van der Waals surface area (Å²) >= 11 is 0. The molecule has 0 aliphatic rings. The summed E-state index contributed by atoms with van der Waals surface area (Å²) in [7, 11) is 2.89. The molecule has 7 heteroatoms. The zero-order valence-corrected chi connectivity index (χ0v) is 10.2. The molecule has 19 heavy (non-hydrogen) atoms. The molecule has 7 nitrogen and oxygen atoms in total. The fraction of sp³-hybridized carbons (Fsp3) is 0.167. The van der Waals surface area contributed by atoms with E-state index >= 15 is 0 Å². The van der Waals surface area contributed by atoms with Gasteiger partial charge in [0.15, 0.2) is 11.3 Å². The summed E-state index contributed by atoms with van der Waals surface area (Å²) in [6.07, 6.45) is 0. The van der Waals surface area contributed by atoms with Gasteiger partial charge in [0.2, 0.25) is 0 Å². The SMILES string of the molecule is COc1cc(OC)c2oc(=O)c(C(=O)NO)cc2c1. The molecule has 1 aromatic carbocycles. The van der Waals surface area contributed by atoms with Crippen molar-refractivity contribution in [3.8, 4) is 11.5 Å². The molecule has 0 bridgehead atoms. The normalized spacial score (nSPS) is 10.3. The van der Waals surface area contributed by atoms with Crippen molar-refractivity contribution >= 4 is 16.9 Å². The molecule has 0 saturated heterocycles. The number of fused-ring (bicyclic) bond motifs is 1. The molecule has 0 fully saturated rings. The molecule has 0 unspecified atom stereocenters. The average Bonchev–Trinajstić information content (AvgIpc) is 2.44. The number of benzene rings is 1. The van der Waals surface area contributed by atoms with E-state index in [4.69, 9.17) is 19.1 Å². The fourth-order valence-electron chi connectivity index (χ4n) is 1.66. The zero-order chi connectivity index (χ0) is 14.0. The lowest BCUT2D eigenvalue weighted by atomic mass is 10.1. The van der Waals surface area contributed by atoms with Crippen LogP contribution in [-0.2, 0) is 0 Å². The van der Waals surface area contributed by atoms with Crippen LogP contribution in [0.25, 0.3) is 11.0 Å². The summed E-state index contributed by atoms with van der Waals surface area (Å²) in [6.45, 7) is 0. The number of carbonyl (C=O) groups excluding carboxylic acids is 1. The average molecular weight is 265 g/mol. The Balaban J connectivity index is 2.78. The highest BCUT2D eigenvalue weighted by Crippen LogP contribution is 2.30. The smallest absolute Gasteiger partial charge is 0.349 e. The number of amides is 1. The van der Waals surface area contributed by atoms with Crippen molar-refractivity contribution in [2.45, 2.75) is 0 Å². The highest BCUT2D eigenvalue weighted by molar-refractivity contribution is 5.97. The maximum atomic E-state index is 11.6. The predicted molar refractivity (Wildman–Crippen MR) is 64.8 cm³/mol. The molecule has 0 atom stereocenters. The van der Waals surface area contributed by atoms with Crippen LogP contribution in [0.3, 0.4) is 0 Å². The van der Waals surface area contributed by atoms with Crippen LogP contribution in [0, 0.1) is 0 Å². The van der Waals surface area contributed by atoms with Crippen LogP contribution < -0.4 is 20.6 Å². The number of carbonyl (C=O) groups is 1. The third kappa shape index (κ3) is 2.23. The topological polar surface area (TPSA) is 98.0 Å². The molecule has 1 heterocycles. The van der Waals surface area contributed by atoms with E-state index in [2.05, 4.69) is 0 Å². The Kier molecular flexibility index (Phi) is 3.39. The Morgan fingerprint density at radius 2 is 2.00 bits per heavy atom. The second kappa shape index (κ2) is 4.99. The largest absolute Gasteiger partial charge is 0.497 e. The van der Waals surface area contributed by atoms with Gasteiger partial charge in [-0.15, -0.1) is 0 Å². The first-order chi connectivity index (χ1) is 9.10. The second-order valence-electron chi connectivity index (χ2n) is 3.64. The molecule has 2 N–H and O–H groups in total. The number of methoxy groups -OCH3 is 2. The second-order valence-corrected chi connectivity index (χ2v) is 3.64. The lowest BCUT2D eigenvalue weighted by molar-refractivity contribution is 0.0702. The quantitative estimate of drug-likeness (QED) is 0.486. The molecule has 2 rings (SSSR count). The number of hydroxylamine groups is 1. The van der Waals surface area contributed by atoms with Gasteiger partial charge in [-0.3, -0.25) is 10.0 Å². The number of nitrogens with one attached hydrogen (secondary N) is 1. The molecular weight excluding hydrogens is 254 g/mol. The van der Waals surface area contributed by atoms with E-state index in [9.17, 15) is 9.59 Å². The minimum absolute atomic E-state index is 0.197. The molecule has 0 spiro atoms. The van der Waals surface area contributed by atoms with Gasteiger partial charge in [0.25, 0.3) is 5.91 Å². The van der Waals surface area contributed by atoms with Gasteiger partial charge in [-0.25, -0.2) is 10.3 Å². The Labute approximate surface area is 107 Å². The van der Waals surface area contributed by atoms with Crippen LogP contribution in [0.5, 0.6) is 11.5 Å². The van der Waals surface area contributed by atoms with E-state index in [1.54, 1.807) is 12.1 Å². The zero-order valence-electron chi connectivity index (χ0n) is 10.2. The summed E-state index contributed by atoms with van der Waals surface area (Å²) < 4.78 is 15.2. The number of hydrogen-bond donors (Lipinski definition) is 2. The maximum absolute atomic E-state index is 11.6. The van der Waals surface area contributed by atoms with E-state index in [-0.39, 0.29) is 11.1 Å².